The summed E-state index contributed by atoms with van der Waals surface area (Å²) in [5.41, 5.74) is 2.11. The summed E-state index contributed by atoms with van der Waals surface area (Å²) in [5.74, 6) is -0.954. The number of pyridine rings is 2. The first kappa shape index (κ1) is 26.7. The molecule has 0 saturated heterocycles. The molecule has 0 unspecified atom stereocenters. The lowest BCUT2D eigenvalue weighted by Gasteiger charge is -2.33. The van der Waals surface area contributed by atoms with Gasteiger partial charge in [0.25, 0.3) is 11.8 Å². The number of carbonyl (C=O) groups excluding carboxylic acids is 2. The van der Waals surface area contributed by atoms with Gasteiger partial charge in [-0.25, -0.2) is 0 Å². The van der Waals surface area contributed by atoms with Gasteiger partial charge in [0.2, 0.25) is 0 Å². The zero-order valence-corrected chi connectivity index (χ0v) is 20.7. The maximum Gasteiger partial charge on any atom is 0.270 e. The van der Waals surface area contributed by atoms with E-state index in [2.05, 4.69) is 20.6 Å². The summed E-state index contributed by atoms with van der Waals surface area (Å²) in [6.45, 7) is 0. The molecule has 0 saturated carbocycles. The van der Waals surface area contributed by atoms with E-state index < -0.39 is 36.1 Å². The lowest BCUT2D eigenvalue weighted by molar-refractivity contribution is -0.0220. The van der Waals surface area contributed by atoms with Crippen LogP contribution in [-0.4, -0.2) is 56.3 Å². The molecule has 4 N–H and O–H groups in total. The Kier molecular flexibility index (Phi) is 9.28. The average molecular weight is 511 g/mol. The first-order chi connectivity index (χ1) is 18.5. The molecule has 2 heterocycles. The van der Waals surface area contributed by atoms with E-state index in [4.69, 9.17) is 0 Å². The molecule has 0 bridgehead atoms. The van der Waals surface area contributed by atoms with Crippen LogP contribution in [0.4, 0.5) is 0 Å². The summed E-state index contributed by atoms with van der Waals surface area (Å²) in [4.78, 5) is 34.1. The highest BCUT2D eigenvalue weighted by Gasteiger charge is 2.35. The summed E-state index contributed by atoms with van der Waals surface area (Å²) in [6.07, 6.45) is 0.694. The van der Waals surface area contributed by atoms with Crippen LogP contribution in [0.15, 0.2) is 109 Å². The lowest BCUT2D eigenvalue weighted by atomic mass is 9.91. The first-order valence-corrected chi connectivity index (χ1v) is 12.4. The van der Waals surface area contributed by atoms with E-state index in [1.54, 1.807) is 36.4 Å². The van der Waals surface area contributed by atoms with Gasteiger partial charge in [-0.3, -0.25) is 19.6 Å². The van der Waals surface area contributed by atoms with Crippen LogP contribution < -0.4 is 10.6 Å². The van der Waals surface area contributed by atoms with Crippen molar-refractivity contribution in [1.82, 2.24) is 20.6 Å². The monoisotopic (exact) mass is 510 g/mol. The number of hydrogen-bond donors (Lipinski definition) is 4. The lowest BCUT2D eigenvalue weighted by Crippen LogP contribution is -2.57. The molecule has 0 radical (unpaired) electrons. The van der Waals surface area contributed by atoms with Gasteiger partial charge in [0, 0.05) is 12.4 Å². The Morgan fingerprint density at radius 3 is 1.29 bits per heavy atom. The second-order valence-electron chi connectivity index (χ2n) is 8.95. The fourth-order valence-corrected chi connectivity index (χ4v) is 4.21. The summed E-state index contributed by atoms with van der Waals surface area (Å²) in [6, 6.07) is 26.9. The Balaban J connectivity index is 1.59. The molecular weight excluding hydrogens is 480 g/mol. The van der Waals surface area contributed by atoms with Crippen molar-refractivity contribution >= 4 is 11.8 Å². The number of benzene rings is 2. The van der Waals surface area contributed by atoms with Crippen LogP contribution >= 0.6 is 0 Å². The summed E-state index contributed by atoms with van der Waals surface area (Å²) >= 11 is 0. The predicted octanol–water partition coefficient (Wildman–Crippen LogP) is 2.58. The van der Waals surface area contributed by atoms with E-state index in [0.29, 0.717) is 0 Å². The number of amides is 2. The van der Waals surface area contributed by atoms with Crippen LogP contribution in [0.2, 0.25) is 0 Å². The SMILES string of the molecule is O=C(N[C@@H](Cc1ccccc1)[C@@H](O)[C@H](O)[C@H](Cc1ccccc1)NC(=O)c1ccccn1)c1ccccn1. The summed E-state index contributed by atoms with van der Waals surface area (Å²) in [7, 11) is 0. The van der Waals surface area contributed by atoms with Crippen molar-refractivity contribution in [1.29, 1.82) is 0 Å². The van der Waals surface area contributed by atoms with Gasteiger partial charge in [-0.1, -0.05) is 72.8 Å². The smallest absolute Gasteiger partial charge is 0.270 e. The van der Waals surface area contributed by atoms with Gasteiger partial charge in [-0.15, -0.1) is 0 Å². The number of aliphatic hydroxyl groups is 2. The quantitative estimate of drug-likeness (QED) is 0.246. The molecule has 8 heteroatoms. The number of nitrogens with zero attached hydrogens (tertiary/aromatic N) is 2. The minimum absolute atomic E-state index is 0.191. The summed E-state index contributed by atoms with van der Waals surface area (Å²) in [5, 5.41) is 28.5. The van der Waals surface area contributed by atoms with Gasteiger partial charge in [-0.05, 0) is 48.2 Å². The van der Waals surface area contributed by atoms with E-state index in [0.717, 1.165) is 11.1 Å². The molecule has 8 nitrogen and oxygen atoms in total. The minimum Gasteiger partial charge on any atom is -0.388 e. The molecule has 4 aromatic rings. The highest BCUT2D eigenvalue weighted by Crippen LogP contribution is 2.16. The minimum atomic E-state index is -1.42. The van der Waals surface area contributed by atoms with Gasteiger partial charge >= 0.3 is 0 Å². The highest BCUT2D eigenvalue weighted by molar-refractivity contribution is 5.93. The zero-order valence-electron chi connectivity index (χ0n) is 20.7. The number of aromatic nitrogens is 2. The number of aliphatic hydroxyl groups excluding tert-OH is 2. The second kappa shape index (κ2) is 13.2. The van der Waals surface area contributed by atoms with E-state index in [1.165, 1.54) is 12.4 Å². The highest BCUT2D eigenvalue weighted by atomic mass is 16.3. The Morgan fingerprint density at radius 1 is 0.579 bits per heavy atom. The van der Waals surface area contributed by atoms with Crippen molar-refractivity contribution in [3.8, 4) is 0 Å². The molecule has 4 rings (SSSR count). The summed E-state index contributed by atoms with van der Waals surface area (Å²) < 4.78 is 0. The Bertz CT molecular complexity index is 1190. The Morgan fingerprint density at radius 2 is 0.947 bits per heavy atom. The number of nitrogens with one attached hydrogen (secondary N) is 2. The number of carbonyl (C=O) groups is 2. The number of hydrogen-bond acceptors (Lipinski definition) is 6. The Hall–Kier alpha value is -4.40. The van der Waals surface area contributed by atoms with Gasteiger partial charge < -0.3 is 20.8 Å². The number of rotatable bonds is 11. The third-order valence-corrected chi connectivity index (χ3v) is 6.20. The predicted molar refractivity (Wildman–Crippen MR) is 143 cm³/mol. The first-order valence-electron chi connectivity index (χ1n) is 12.4. The van der Waals surface area contributed by atoms with Crippen LogP contribution in [-0.2, 0) is 12.8 Å². The molecule has 0 spiro atoms. The molecule has 2 amide bonds. The van der Waals surface area contributed by atoms with E-state index in [9.17, 15) is 19.8 Å². The van der Waals surface area contributed by atoms with E-state index in [-0.39, 0.29) is 24.2 Å². The van der Waals surface area contributed by atoms with Gasteiger partial charge in [0.05, 0.1) is 12.1 Å². The van der Waals surface area contributed by atoms with Gasteiger partial charge in [-0.2, -0.15) is 0 Å². The standard InChI is InChI=1S/C30H30N4O4/c35-27(25(19-21-11-3-1-4-12-21)33-29(37)23-15-7-9-17-31-23)28(36)26(20-22-13-5-2-6-14-22)34-30(38)24-16-8-10-18-32-24/h1-18,25-28,35-36H,19-20H2,(H,33,37)(H,34,38)/t25-,26-,27+,28+/m0/s1. The van der Waals surface area contributed by atoms with Gasteiger partial charge in [0.15, 0.2) is 0 Å². The third-order valence-electron chi connectivity index (χ3n) is 6.20. The fourth-order valence-electron chi connectivity index (χ4n) is 4.21. The maximum atomic E-state index is 13.0. The van der Waals surface area contributed by atoms with Crippen LogP contribution in [0, 0.1) is 0 Å². The van der Waals surface area contributed by atoms with E-state index in [1.807, 2.05) is 60.7 Å². The Labute approximate surface area is 221 Å². The molecular formula is C30H30N4O4. The normalized spacial score (nSPS) is 14.1. The van der Waals surface area contributed by atoms with Crippen LogP contribution in [0.25, 0.3) is 0 Å². The third kappa shape index (κ3) is 7.32. The van der Waals surface area contributed by atoms with Gasteiger partial charge in [0.1, 0.15) is 23.6 Å². The van der Waals surface area contributed by atoms with Crippen molar-refractivity contribution in [3.05, 3.63) is 132 Å². The maximum absolute atomic E-state index is 13.0. The molecule has 194 valence electrons. The molecule has 0 fully saturated rings. The van der Waals surface area contributed by atoms with Crippen molar-refractivity contribution in [2.45, 2.75) is 37.1 Å². The average Bonchev–Trinajstić information content (AvgIpc) is 2.97. The molecule has 0 aliphatic rings. The molecule has 0 aliphatic carbocycles. The van der Waals surface area contributed by atoms with Crippen molar-refractivity contribution in [3.63, 3.8) is 0 Å². The molecule has 2 aromatic heterocycles. The molecule has 0 aliphatic heterocycles. The van der Waals surface area contributed by atoms with Crippen LogP contribution in [0.5, 0.6) is 0 Å². The van der Waals surface area contributed by atoms with E-state index >= 15 is 0 Å². The largest absolute Gasteiger partial charge is 0.388 e. The molecule has 4 atom stereocenters. The zero-order chi connectivity index (χ0) is 26.7. The van der Waals surface area contributed by atoms with Crippen molar-refractivity contribution in [2.75, 3.05) is 0 Å². The second-order valence-corrected chi connectivity index (χ2v) is 8.95. The molecule has 2 aromatic carbocycles. The van der Waals surface area contributed by atoms with Crippen LogP contribution in [0.3, 0.4) is 0 Å². The van der Waals surface area contributed by atoms with Crippen molar-refractivity contribution in [2.24, 2.45) is 0 Å². The fraction of sp³-hybridized carbons (Fsp3) is 0.200. The van der Waals surface area contributed by atoms with Crippen molar-refractivity contribution < 1.29 is 19.8 Å². The topological polar surface area (TPSA) is 124 Å². The van der Waals surface area contributed by atoms with Crippen LogP contribution in [0.1, 0.15) is 32.1 Å². The molecule has 38 heavy (non-hydrogen) atoms.